The fraction of sp³-hybridized carbons (Fsp3) is 0. The van der Waals surface area contributed by atoms with Crippen LogP contribution in [0.5, 0.6) is 0 Å². The van der Waals surface area contributed by atoms with Crippen molar-refractivity contribution in [2.75, 3.05) is 0 Å². The lowest BCUT2D eigenvalue weighted by atomic mass is 10.5. The van der Waals surface area contributed by atoms with Gasteiger partial charge in [-0.05, 0) is 15.9 Å². The van der Waals surface area contributed by atoms with Gasteiger partial charge < -0.3 is 5.73 Å². The maximum atomic E-state index is 6.94. The molecule has 0 saturated heterocycles. The molecule has 0 saturated carbocycles. The molecule has 0 fully saturated rings. The number of nitrogen functional groups attached to an aromatic ring is 1. The maximum absolute atomic E-state index is 6.94. The van der Waals surface area contributed by atoms with E-state index >= 15 is 0 Å². The van der Waals surface area contributed by atoms with Crippen molar-refractivity contribution in [2.45, 2.75) is 0 Å². The number of nitrogens with two attached hydrogens (primary N) is 1. The molecule has 0 unspecified atom stereocenters. The number of amidine groups is 1. The number of hydrogen-bond acceptors (Lipinski definition) is 3. The SMILES string of the molecule is Cl.N=C(N)c1ncc(Br)cn1. The van der Waals surface area contributed by atoms with Gasteiger partial charge in [-0.15, -0.1) is 12.4 Å². The molecule has 0 aliphatic rings. The molecule has 0 aromatic carbocycles. The Hall–Kier alpha value is -0.680. The summed E-state index contributed by atoms with van der Waals surface area (Å²) in [6, 6.07) is 0. The van der Waals surface area contributed by atoms with Crippen LogP contribution in [0.1, 0.15) is 5.82 Å². The fourth-order valence-electron chi connectivity index (χ4n) is 0.451. The van der Waals surface area contributed by atoms with Gasteiger partial charge in [-0.3, -0.25) is 5.41 Å². The molecule has 0 atom stereocenters. The predicted octanol–water partition coefficient (Wildman–Crippen LogP) is 0.945. The van der Waals surface area contributed by atoms with Gasteiger partial charge in [-0.25, -0.2) is 9.97 Å². The van der Waals surface area contributed by atoms with E-state index in [2.05, 4.69) is 25.9 Å². The molecular weight excluding hydrogens is 231 g/mol. The first-order valence-electron chi connectivity index (χ1n) is 2.52. The van der Waals surface area contributed by atoms with Crippen molar-refractivity contribution in [1.29, 1.82) is 5.41 Å². The Bertz CT molecular complexity index is 247. The zero-order chi connectivity index (χ0) is 7.56. The van der Waals surface area contributed by atoms with Crippen LogP contribution in [0, 0.1) is 5.41 Å². The topological polar surface area (TPSA) is 75.7 Å². The molecule has 1 heterocycles. The smallest absolute Gasteiger partial charge is 0.194 e. The summed E-state index contributed by atoms with van der Waals surface area (Å²) in [5.74, 6) is 0.135. The van der Waals surface area contributed by atoms with Gasteiger partial charge in [0.15, 0.2) is 11.7 Å². The molecule has 1 aromatic rings. The number of hydrogen-bond donors (Lipinski definition) is 2. The third-order valence-electron chi connectivity index (χ3n) is 0.861. The Labute approximate surface area is 78.3 Å². The normalized spacial score (nSPS) is 8.45. The summed E-state index contributed by atoms with van der Waals surface area (Å²) in [5, 5.41) is 6.94. The quantitative estimate of drug-likeness (QED) is 0.564. The number of halogens is 2. The Morgan fingerprint density at radius 2 is 1.91 bits per heavy atom. The summed E-state index contributed by atoms with van der Waals surface area (Å²) in [6.45, 7) is 0. The van der Waals surface area contributed by atoms with Gasteiger partial charge in [0.05, 0.1) is 4.47 Å². The second kappa shape index (κ2) is 4.25. The first-order valence-corrected chi connectivity index (χ1v) is 3.31. The summed E-state index contributed by atoms with van der Waals surface area (Å²) < 4.78 is 0.775. The van der Waals surface area contributed by atoms with Crippen LogP contribution in [-0.4, -0.2) is 15.8 Å². The summed E-state index contributed by atoms with van der Waals surface area (Å²) in [4.78, 5) is 7.54. The van der Waals surface area contributed by atoms with Crippen molar-refractivity contribution in [3.05, 3.63) is 22.7 Å². The van der Waals surface area contributed by atoms with Crippen LogP contribution in [0.15, 0.2) is 16.9 Å². The highest BCUT2D eigenvalue weighted by atomic mass is 79.9. The summed E-state index contributed by atoms with van der Waals surface area (Å²) in [6.07, 6.45) is 3.09. The van der Waals surface area contributed by atoms with E-state index in [0.717, 1.165) is 4.47 Å². The van der Waals surface area contributed by atoms with Crippen LogP contribution in [0.25, 0.3) is 0 Å². The minimum Gasteiger partial charge on any atom is -0.381 e. The Morgan fingerprint density at radius 1 is 1.45 bits per heavy atom. The monoisotopic (exact) mass is 236 g/mol. The third kappa shape index (κ3) is 2.81. The molecule has 11 heavy (non-hydrogen) atoms. The molecule has 0 amide bonds. The average Bonchev–Trinajstić information content (AvgIpc) is 1.88. The molecule has 0 aliphatic carbocycles. The largest absolute Gasteiger partial charge is 0.381 e. The van der Waals surface area contributed by atoms with Crippen molar-refractivity contribution in [3.8, 4) is 0 Å². The molecule has 60 valence electrons. The highest BCUT2D eigenvalue weighted by Crippen LogP contribution is 2.03. The number of nitrogens with zero attached hydrogens (tertiary/aromatic N) is 2. The average molecular weight is 237 g/mol. The van der Waals surface area contributed by atoms with Crippen LogP contribution >= 0.6 is 28.3 Å². The maximum Gasteiger partial charge on any atom is 0.194 e. The molecule has 1 rings (SSSR count). The second-order valence-corrected chi connectivity index (χ2v) is 2.55. The zero-order valence-corrected chi connectivity index (χ0v) is 7.82. The van der Waals surface area contributed by atoms with Gasteiger partial charge in [0.1, 0.15) is 0 Å². The summed E-state index contributed by atoms with van der Waals surface area (Å²) >= 11 is 3.16. The lowest BCUT2D eigenvalue weighted by Crippen LogP contribution is -2.14. The molecule has 0 aliphatic heterocycles. The van der Waals surface area contributed by atoms with Gasteiger partial charge in [0.25, 0.3) is 0 Å². The first-order chi connectivity index (χ1) is 4.70. The number of nitrogens with one attached hydrogen (secondary N) is 1. The molecule has 0 radical (unpaired) electrons. The standard InChI is InChI=1S/C5H5BrN4.ClH/c6-3-1-9-5(4(7)8)10-2-3;/h1-2H,(H3,7,8);1H. The van der Waals surface area contributed by atoms with Gasteiger partial charge in [-0.2, -0.15) is 0 Å². The lowest BCUT2D eigenvalue weighted by Gasteiger charge is -1.93. The Balaban J connectivity index is 0.000001000. The molecule has 3 N–H and O–H groups in total. The van der Waals surface area contributed by atoms with E-state index in [0.29, 0.717) is 0 Å². The van der Waals surface area contributed by atoms with Crippen LogP contribution in [0.2, 0.25) is 0 Å². The van der Waals surface area contributed by atoms with Crippen LogP contribution in [0.4, 0.5) is 0 Å². The van der Waals surface area contributed by atoms with E-state index in [9.17, 15) is 0 Å². The molecule has 0 spiro atoms. The molecule has 0 bridgehead atoms. The van der Waals surface area contributed by atoms with Crippen molar-refractivity contribution in [3.63, 3.8) is 0 Å². The van der Waals surface area contributed by atoms with Crippen LogP contribution in [0.3, 0.4) is 0 Å². The summed E-state index contributed by atoms with van der Waals surface area (Å²) in [7, 11) is 0. The second-order valence-electron chi connectivity index (χ2n) is 1.64. The number of rotatable bonds is 1. The van der Waals surface area contributed by atoms with E-state index in [-0.39, 0.29) is 24.1 Å². The fourth-order valence-corrected chi connectivity index (χ4v) is 0.656. The number of aromatic nitrogens is 2. The summed E-state index contributed by atoms with van der Waals surface area (Å²) in [5.41, 5.74) is 5.11. The van der Waals surface area contributed by atoms with E-state index in [4.69, 9.17) is 11.1 Å². The van der Waals surface area contributed by atoms with E-state index in [1.54, 1.807) is 12.4 Å². The van der Waals surface area contributed by atoms with E-state index in [1.807, 2.05) is 0 Å². The van der Waals surface area contributed by atoms with Gasteiger partial charge in [0, 0.05) is 12.4 Å². The first kappa shape index (κ1) is 10.3. The highest BCUT2D eigenvalue weighted by molar-refractivity contribution is 9.10. The third-order valence-corrected chi connectivity index (χ3v) is 1.27. The van der Waals surface area contributed by atoms with Crippen LogP contribution in [-0.2, 0) is 0 Å². The van der Waals surface area contributed by atoms with Gasteiger partial charge in [0.2, 0.25) is 0 Å². The van der Waals surface area contributed by atoms with Gasteiger partial charge in [-0.1, -0.05) is 0 Å². The van der Waals surface area contributed by atoms with Crippen molar-refractivity contribution >= 4 is 34.2 Å². The molecule has 1 aromatic heterocycles. The molecule has 6 heteroatoms. The van der Waals surface area contributed by atoms with Crippen molar-refractivity contribution in [1.82, 2.24) is 9.97 Å². The zero-order valence-electron chi connectivity index (χ0n) is 5.41. The van der Waals surface area contributed by atoms with Crippen LogP contribution < -0.4 is 5.73 Å². The molecular formula is C5H6BrClN4. The molecule has 4 nitrogen and oxygen atoms in total. The van der Waals surface area contributed by atoms with E-state index in [1.165, 1.54) is 0 Å². The van der Waals surface area contributed by atoms with Gasteiger partial charge >= 0.3 is 0 Å². The minimum atomic E-state index is -0.118. The Morgan fingerprint density at radius 3 is 2.27 bits per heavy atom. The van der Waals surface area contributed by atoms with E-state index < -0.39 is 0 Å². The van der Waals surface area contributed by atoms with Crippen molar-refractivity contribution < 1.29 is 0 Å². The Kier molecular flexibility index (Phi) is 3.99. The predicted molar refractivity (Wildman–Crippen MR) is 48.0 cm³/mol. The minimum absolute atomic E-state index is 0. The highest BCUT2D eigenvalue weighted by Gasteiger charge is 1.96. The lowest BCUT2D eigenvalue weighted by molar-refractivity contribution is 1.10. The van der Waals surface area contributed by atoms with Crippen molar-refractivity contribution in [2.24, 2.45) is 5.73 Å².